The molecule has 4 heteroatoms. The van der Waals surface area contributed by atoms with Crippen molar-refractivity contribution in [1.29, 1.82) is 0 Å². The number of nitrogens with two attached hydrogens (primary N) is 1. The summed E-state index contributed by atoms with van der Waals surface area (Å²) >= 11 is 0. The van der Waals surface area contributed by atoms with Gasteiger partial charge in [-0.25, -0.2) is 0 Å². The molecule has 0 spiro atoms. The Balaban J connectivity index is 2.02. The van der Waals surface area contributed by atoms with E-state index >= 15 is 0 Å². The molecule has 0 radical (unpaired) electrons. The van der Waals surface area contributed by atoms with Crippen molar-refractivity contribution in [3.05, 3.63) is 41.7 Å². The summed E-state index contributed by atoms with van der Waals surface area (Å²) in [7, 11) is 0. The molecule has 0 aliphatic heterocycles. The highest BCUT2D eigenvalue weighted by Gasteiger charge is 2.00. The third-order valence-corrected chi connectivity index (χ3v) is 2.69. The van der Waals surface area contributed by atoms with Gasteiger partial charge >= 0.3 is 0 Å². The highest BCUT2D eigenvalue weighted by atomic mass is 15.5. The Morgan fingerprint density at radius 1 is 1.18 bits per heavy atom. The molecule has 1 heterocycles. The second-order valence-electron chi connectivity index (χ2n) is 4.19. The van der Waals surface area contributed by atoms with Gasteiger partial charge in [0, 0.05) is 0 Å². The normalized spacial score (nSPS) is 10.7. The first-order chi connectivity index (χ1) is 8.29. The summed E-state index contributed by atoms with van der Waals surface area (Å²) in [5.74, 6) is 0. The third kappa shape index (κ3) is 3.14. The Bertz CT molecular complexity index is 459. The second-order valence-corrected chi connectivity index (χ2v) is 4.19. The van der Waals surface area contributed by atoms with Gasteiger partial charge in [-0.15, -0.1) is 0 Å². The van der Waals surface area contributed by atoms with E-state index in [1.54, 1.807) is 11.0 Å². The lowest BCUT2D eigenvalue weighted by molar-refractivity contribution is 0.736. The van der Waals surface area contributed by atoms with E-state index in [-0.39, 0.29) is 0 Å². The smallest absolute Gasteiger partial charge is 0.0856 e. The van der Waals surface area contributed by atoms with Crippen LogP contribution in [0, 0.1) is 6.92 Å². The molecule has 1 aromatic carbocycles. The lowest BCUT2D eigenvalue weighted by Crippen LogP contribution is -2.00. The van der Waals surface area contributed by atoms with Gasteiger partial charge in [0.15, 0.2) is 0 Å². The third-order valence-electron chi connectivity index (χ3n) is 2.69. The molecule has 0 aliphatic rings. The van der Waals surface area contributed by atoms with Crippen molar-refractivity contribution < 1.29 is 0 Å². The van der Waals surface area contributed by atoms with E-state index in [1.165, 1.54) is 5.56 Å². The molecule has 2 rings (SSSR count). The Kier molecular flexibility index (Phi) is 3.88. The Morgan fingerprint density at radius 2 is 1.94 bits per heavy atom. The number of unbranched alkanes of at least 4 members (excludes halogenated alkanes) is 1. The quantitative estimate of drug-likeness (QED) is 0.798. The minimum atomic E-state index is 0.772. The van der Waals surface area contributed by atoms with Crippen LogP contribution in [-0.2, 0) is 6.42 Å². The van der Waals surface area contributed by atoms with Crippen LogP contribution in [0.2, 0.25) is 0 Å². The van der Waals surface area contributed by atoms with E-state index in [4.69, 9.17) is 5.73 Å². The molecule has 2 N–H and O–H groups in total. The molecule has 0 saturated carbocycles. The fraction of sp³-hybridized carbons (Fsp3) is 0.385. The molecule has 1 aromatic heterocycles. The molecule has 0 fully saturated rings. The van der Waals surface area contributed by atoms with Crippen LogP contribution < -0.4 is 5.73 Å². The van der Waals surface area contributed by atoms with Crippen LogP contribution in [-0.4, -0.2) is 21.5 Å². The summed E-state index contributed by atoms with van der Waals surface area (Å²) in [5, 5.41) is 8.46. The number of benzene rings is 1. The van der Waals surface area contributed by atoms with Crippen molar-refractivity contribution in [3.63, 3.8) is 0 Å². The molecule has 0 saturated heterocycles. The number of nitrogens with zero attached hydrogens (tertiary/aromatic N) is 3. The fourth-order valence-corrected chi connectivity index (χ4v) is 1.73. The SMILES string of the molecule is Cc1cnn(-c2ccc(CCCCN)cc2)n1. The molecule has 0 bridgehead atoms. The topological polar surface area (TPSA) is 56.7 Å². The zero-order chi connectivity index (χ0) is 12.1. The number of hydrogen-bond donors (Lipinski definition) is 1. The first-order valence-corrected chi connectivity index (χ1v) is 5.98. The minimum absolute atomic E-state index is 0.772. The molecular weight excluding hydrogens is 212 g/mol. The maximum Gasteiger partial charge on any atom is 0.0856 e. The lowest BCUT2D eigenvalue weighted by atomic mass is 10.1. The molecule has 0 amide bonds. The first-order valence-electron chi connectivity index (χ1n) is 5.98. The lowest BCUT2D eigenvalue weighted by Gasteiger charge is -2.03. The van der Waals surface area contributed by atoms with Gasteiger partial charge in [-0.05, 0) is 50.4 Å². The second kappa shape index (κ2) is 5.59. The minimum Gasteiger partial charge on any atom is -0.330 e. The van der Waals surface area contributed by atoms with Gasteiger partial charge in [-0.2, -0.15) is 15.0 Å². The van der Waals surface area contributed by atoms with Crippen molar-refractivity contribution in [2.45, 2.75) is 26.2 Å². The predicted molar refractivity (Wildman–Crippen MR) is 68.1 cm³/mol. The Morgan fingerprint density at radius 3 is 2.53 bits per heavy atom. The zero-order valence-corrected chi connectivity index (χ0v) is 10.1. The summed E-state index contributed by atoms with van der Waals surface area (Å²) in [6.07, 6.45) is 5.08. The van der Waals surface area contributed by atoms with Crippen LogP contribution in [0.3, 0.4) is 0 Å². The summed E-state index contributed by atoms with van der Waals surface area (Å²) in [6, 6.07) is 8.36. The summed E-state index contributed by atoms with van der Waals surface area (Å²) < 4.78 is 0. The molecule has 17 heavy (non-hydrogen) atoms. The van der Waals surface area contributed by atoms with Crippen molar-refractivity contribution in [2.24, 2.45) is 5.73 Å². The van der Waals surface area contributed by atoms with Crippen molar-refractivity contribution in [1.82, 2.24) is 15.0 Å². The molecular formula is C13H18N4. The van der Waals surface area contributed by atoms with Gasteiger partial charge in [-0.1, -0.05) is 12.1 Å². The van der Waals surface area contributed by atoms with Crippen LogP contribution in [0.5, 0.6) is 0 Å². The number of aryl methyl sites for hydroxylation is 2. The van der Waals surface area contributed by atoms with Gasteiger partial charge in [0.2, 0.25) is 0 Å². The Hall–Kier alpha value is -1.68. The van der Waals surface area contributed by atoms with Crippen LogP contribution in [0.4, 0.5) is 0 Å². The molecule has 4 nitrogen and oxygen atoms in total. The highest BCUT2D eigenvalue weighted by molar-refractivity contribution is 5.32. The monoisotopic (exact) mass is 230 g/mol. The maximum atomic E-state index is 5.48. The van der Waals surface area contributed by atoms with E-state index in [9.17, 15) is 0 Å². The van der Waals surface area contributed by atoms with Crippen LogP contribution in [0.15, 0.2) is 30.5 Å². The molecule has 90 valence electrons. The van der Waals surface area contributed by atoms with Crippen LogP contribution in [0.1, 0.15) is 24.1 Å². The molecule has 0 atom stereocenters. The van der Waals surface area contributed by atoms with Gasteiger partial charge in [0.1, 0.15) is 0 Å². The Labute approximate surface area is 101 Å². The summed E-state index contributed by atoms with van der Waals surface area (Å²) in [4.78, 5) is 1.65. The number of rotatable bonds is 5. The van der Waals surface area contributed by atoms with E-state index in [2.05, 4.69) is 34.5 Å². The number of hydrogen-bond acceptors (Lipinski definition) is 3. The molecule has 2 aromatic rings. The summed E-state index contributed by atoms with van der Waals surface area (Å²) in [5.41, 5.74) is 8.74. The maximum absolute atomic E-state index is 5.48. The molecule has 0 aliphatic carbocycles. The largest absolute Gasteiger partial charge is 0.330 e. The van der Waals surface area contributed by atoms with E-state index in [0.29, 0.717) is 0 Å². The number of aromatic nitrogens is 3. The van der Waals surface area contributed by atoms with Crippen molar-refractivity contribution in [2.75, 3.05) is 6.54 Å². The zero-order valence-electron chi connectivity index (χ0n) is 10.1. The van der Waals surface area contributed by atoms with Crippen LogP contribution >= 0.6 is 0 Å². The predicted octanol–water partition coefficient (Wildman–Crippen LogP) is 1.86. The van der Waals surface area contributed by atoms with E-state index in [1.807, 2.05) is 6.92 Å². The van der Waals surface area contributed by atoms with Crippen molar-refractivity contribution >= 4 is 0 Å². The van der Waals surface area contributed by atoms with Gasteiger partial charge in [0.25, 0.3) is 0 Å². The van der Waals surface area contributed by atoms with Gasteiger partial charge in [-0.3, -0.25) is 0 Å². The average molecular weight is 230 g/mol. The average Bonchev–Trinajstić information content (AvgIpc) is 2.77. The fourth-order valence-electron chi connectivity index (χ4n) is 1.73. The van der Waals surface area contributed by atoms with E-state index in [0.717, 1.165) is 37.2 Å². The van der Waals surface area contributed by atoms with Crippen molar-refractivity contribution in [3.8, 4) is 5.69 Å². The first kappa shape index (κ1) is 11.8. The standard InChI is InChI=1S/C13H18N4/c1-11-10-15-17(16-11)13-7-5-12(6-8-13)4-2-3-9-14/h5-8,10H,2-4,9,14H2,1H3. The molecule has 0 unspecified atom stereocenters. The summed E-state index contributed by atoms with van der Waals surface area (Å²) in [6.45, 7) is 2.71. The van der Waals surface area contributed by atoms with Gasteiger partial charge in [0.05, 0.1) is 17.6 Å². The van der Waals surface area contributed by atoms with Gasteiger partial charge < -0.3 is 5.73 Å². The van der Waals surface area contributed by atoms with E-state index < -0.39 is 0 Å². The van der Waals surface area contributed by atoms with Crippen LogP contribution in [0.25, 0.3) is 5.69 Å². The highest BCUT2D eigenvalue weighted by Crippen LogP contribution is 2.10.